The maximum atomic E-state index is 13.3. The lowest BCUT2D eigenvalue weighted by Gasteiger charge is -2.40. The Hall–Kier alpha value is -1.43. The Kier molecular flexibility index (Phi) is 15.5. The Morgan fingerprint density at radius 3 is 1.86 bits per heavy atom. The normalized spacial score (nSPS) is 19.8. The molecule has 1 aromatic carbocycles. The third-order valence-electron chi connectivity index (χ3n) is 8.54. The largest absolute Gasteiger partial charge is 0.349 e. The van der Waals surface area contributed by atoms with Crippen molar-refractivity contribution in [3.8, 4) is 0 Å². The van der Waals surface area contributed by atoms with Crippen molar-refractivity contribution >= 4 is 5.91 Å². The first-order valence-electron chi connectivity index (χ1n) is 17.2. The van der Waals surface area contributed by atoms with Crippen molar-refractivity contribution in [3.63, 3.8) is 0 Å². The first-order valence-corrected chi connectivity index (χ1v) is 17.2. The molecule has 0 aromatic heterocycles. The average molecular weight is 587 g/mol. The minimum atomic E-state index is -0.664. The van der Waals surface area contributed by atoms with Crippen LogP contribution in [0.5, 0.6) is 0 Å². The standard InChI is InChI=1S/C37H66N2O3/c1-10-11-12-13-14-15-16-17-18-19-20-24-27-32-33(42-37(8,9)41-32)31(38-34(40)35(2,3)4)29-39(36(5,6)7)28-30-25-22-21-23-26-30/h21-23,25-26,31-33H,10-20,24,27-29H2,1-9H3,(H,38,40)/t31-,32+,33-/m0/s1. The average Bonchev–Trinajstić information content (AvgIpc) is 3.21. The van der Waals surface area contributed by atoms with Gasteiger partial charge in [0.1, 0.15) is 6.10 Å². The number of nitrogens with zero attached hydrogens (tertiary/aromatic N) is 1. The summed E-state index contributed by atoms with van der Waals surface area (Å²) in [5.74, 6) is -0.609. The Morgan fingerprint density at radius 2 is 1.36 bits per heavy atom. The van der Waals surface area contributed by atoms with Crippen molar-refractivity contribution in [2.75, 3.05) is 6.54 Å². The van der Waals surface area contributed by atoms with Gasteiger partial charge in [-0.05, 0) is 46.6 Å². The molecule has 5 nitrogen and oxygen atoms in total. The van der Waals surface area contributed by atoms with Crippen LogP contribution in [0.15, 0.2) is 30.3 Å². The molecule has 5 heteroatoms. The van der Waals surface area contributed by atoms with Gasteiger partial charge in [0.25, 0.3) is 0 Å². The summed E-state index contributed by atoms with van der Waals surface area (Å²) >= 11 is 0. The molecule has 1 aliphatic rings. The lowest BCUT2D eigenvalue weighted by molar-refractivity contribution is -0.151. The van der Waals surface area contributed by atoms with Crippen LogP contribution in [-0.2, 0) is 20.8 Å². The Balaban J connectivity index is 2.01. The highest BCUT2D eigenvalue weighted by molar-refractivity contribution is 5.81. The molecule has 1 aromatic rings. The molecule has 1 heterocycles. The molecule has 42 heavy (non-hydrogen) atoms. The van der Waals surface area contributed by atoms with Gasteiger partial charge in [-0.15, -0.1) is 0 Å². The molecule has 0 spiro atoms. The van der Waals surface area contributed by atoms with E-state index in [4.69, 9.17) is 9.47 Å². The van der Waals surface area contributed by atoms with Gasteiger partial charge in [-0.1, -0.05) is 135 Å². The van der Waals surface area contributed by atoms with Crippen LogP contribution >= 0.6 is 0 Å². The number of carbonyl (C=O) groups excluding carboxylic acids is 1. The van der Waals surface area contributed by atoms with Gasteiger partial charge in [-0.3, -0.25) is 9.69 Å². The van der Waals surface area contributed by atoms with Crippen molar-refractivity contribution in [2.24, 2.45) is 5.41 Å². The molecule has 0 saturated carbocycles. The summed E-state index contributed by atoms with van der Waals surface area (Å²) in [5.41, 5.74) is 0.704. The zero-order valence-electron chi connectivity index (χ0n) is 28.9. The quantitative estimate of drug-likeness (QED) is 0.164. The van der Waals surface area contributed by atoms with E-state index in [2.05, 4.69) is 68.2 Å². The third-order valence-corrected chi connectivity index (χ3v) is 8.54. The molecule has 1 N–H and O–H groups in total. The van der Waals surface area contributed by atoms with Crippen molar-refractivity contribution in [1.29, 1.82) is 0 Å². The molecular formula is C37H66N2O3. The van der Waals surface area contributed by atoms with Crippen LogP contribution in [0, 0.1) is 5.41 Å². The number of ether oxygens (including phenoxy) is 2. The monoisotopic (exact) mass is 587 g/mol. The molecule has 242 valence electrons. The van der Waals surface area contributed by atoms with Crippen LogP contribution in [0.2, 0.25) is 0 Å². The van der Waals surface area contributed by atoms with E-state index in [0.717, 1.165) is 19.4 Å². The van der Waals surface area contributed by atoms with E-state index in [9.17, 15) is 4.79 Å². The molecule has 0 bridgehead atoms. The van der Waals surface area contributed by atoms with Crippen molar-refractivity contribution in [2.45, 2.75) is 182 Å². The number of unbranched alkanes of at least 4 members (excludes halogenated alkanes) is 11. The van der Waals surface area contributed by atoms with Gasteiger partial charge in [0.2, 0.25) is 5.91 Å². The number of hydrogen-bond acceptors (Lipinski definition) is 4. The number of amides is 1. The van der Waals surface area contributed by atoms with Gasteiger partial charge >= 0.3 is 0 Å². The number of hydrogen-bond donors (Lipinski definition) is 1. The predicted octanol–water partition coefficient (Wildman–Crippen LogP) is 9.43. The minimum absolute atomic E-state index is 0.0352. The molecule has 1 saturated heterocycles. The molecular weight excluding hydrogens is 520 g/mol. The van der Waals surface area contributed by atoms with Gasteiger partial charge < -0.3 is 14.8 Å². The van der Waals surface area contributed by atoms with Gasteiger partial charge in [-0.2, -0.15) is 0 Å². The van der Waals surface area contributed by atoms with E-state index in [1.807, 2.05) is 34.6 Å². The fraction of sp³-hybridized carbons (Fsp3) is 0.811. The highest BCUT2D eigenvalue weighted by Gasteiger charge is 2.46. The summed E-state index contributed by atoms with van der Waals surface area (Å²) in [7, 11) is 0. The van der Waals surface area contributed by atoms with Crippen LogP contribution in [0.4, 0.5) is 0 Å². The lowest BCUT2D eigenvalue weighted by Crippen LogP contribution is -2.58. The fourth-order valence-electron chi connectivity index (χ4n) is 5.85. The predicted molar refractivity (Wildman–Crippen MR) is 178 cm³/mol. The Labute approximate surface area is 259 Å². The van der Waals surface area contributed by atoms with Crippen LogP contribution in [0.3, 0.4) is 0 Å². The third kappa shape index (κ3) is 13.9. The van der Waals surface area contributed by atoms with Gasteiger partial charge in [-0.25, -0.2) is 0 Å². The maximum Gasteiger partial charge on any atom is 0.225 e. The molecule has 1 fully saturated rings. The van der Waals surface area contributed by atoms with Crippen LogP contribution in [0.1, 0.15) is 151 Å². The Morgan fingerprint density at radius 1 is 0.833 bits per heavy atom. The van der Waals surface area contributed by atoms with Crippen molar-refractivity contribution < 1.29 is 14.3 Å². The molecule has 0 aliphatic carbocycles. The summed E-state index contributed by atoms with van der Waals surface area (Å²) in [6, 6.07) is 10.4. The smallest absolute Gasteiger partial charge is 0.225 e. The van der Waals surface area contributed by atoms with E-state index in [0.29, 0.717) is 6.54 Å². The second kappa shape index (κ2) is 17.8. The van der Waals surface area contributed by atoms with E-state index >= 15 is 0 Å². The van der Waals surface area contributed by atoms with Gasteiger partial charge in [0.05, 0.1) is 12.1 Å². The summed E-state index contributed by atoms with van der Waals surface area (Å²) in [5, 5.41) is 3.42. The first-order chi connectivity index (χ1) is 19.7. The van der Waals surface area contributed by atoms with Crippen LogP contribution in [0.25, 0.3) is 0 Å². The molecule has 0 radical (unpaired) electrons. The van der Waals surface area contributed by atoms with E-state index < -0.39 is 11.2 Å². The Bertz CT molecular complexity index is 871. The van der Waals surface area contributed by atoms with Crippen LogP contribution in [-0.4, -0.2) is 46.9 Å². The highest BCUT2D eigenvalue weighted by Crippen LogP contribution is 2.34. The SMILES string of the molecule is CCCCCCCCCCCCCC[C@H]1OC(C)(C)O[C@H]1[C@H](CN(Cc1ccccc1)C(C)(C)C)NC(=O)C(C)(C)C. The minimum Gasteiger partial charge on any atom is -0.349 e. The summed E-state index contributed by atoms with van der Waals surface area (Å²) in [6.45, 7) is 20.5. The second-order valence-corrected chi connectivity index (χ2v) is 15.2. The number of rotatable bonds is 19. The zero-order valence-corrected chi connectivity index (χ0v) is 28.9. The number of carbonyl (C=O) groups is 1. The molecule has 2 rings (SSSR count). The van der Waals surface area contributed by atoms with E-state index in [1.165, 1.54) is 76.2 Å². The highest BCUT2D eigenvalue weighted by atomic mass is 16.8. The summed E-state index contributed by atoms with van der Waals surface area (Å²) in [6.07, 6.45) is 16.8. The van der Waals surface area contributed by atoms with Crippen LogP contribution < -0.4 is 5.32 Å². The number of nitrogens with one attached hydrogen (secondary N) is 1. The molecule has 3 atom stereocenters. The van der Waals surface area contributed by atoms with Gasteiger partial charge in [0, 0.05) is 24.0 Å². The first kappa shape index (κ1) is 36.8. The molecule has 0 unspecified atom stereocenters. The summed E-state index contributed by atoms with van der Waals surface area (Å²) < 4.78 is 13.1. The fourth-order valence-corrected chi connectivity index (χ4v) is 5.85. The lowest BCUT2D eigenvalue weighted by atomic mass is 9.92. The zero-order chi connectivity index (χ0) is 31.2. The van der Waals surface area contributed by atoms with Crippen molar-refractivity contribution in [3.05, 3.63) is 35.9 Å². The van der Waals surface area contributed by atoms with E-state index in [-0.39, 0.29) is 29.7 Å². The summed E-state index contributed by atoms with van der Waals surface area (Å²) in [4.78, 5) is 15.8. The molecule has 1 amide bonds. The van der Waals surface area contributed by atoms with Crippen molar-refractivity contribution in [1.82, 2.24) is 10.2 Å². The number of benzene rings is 1. The van der Waals surface area contributed by atoms with Gasteiger partial charge in [0.15, 0.2) is 5.79 Å². The second-order valence-electron chi connectivity index (χ2n) is 15.2. The topological polar surface area (TPSA) is 50.8 Å². The maximum absolute atomic E-state index is 13.3. The van der Waals surface area contributed by atoms with E-state index in [1.54, 1.807) is 0 Å². The molecule has 1 aliphatic heterocycles.